The number of carbonyl (C=O) groups is 1. The third-order valence-corrected chi connectivity index (χ3v) is 7.30. The molecule has 1 heterocycles. The van der Waals surface area contributed by atoms with E-state index in [1.807, 2.05) is 6.92 Å². The molecular formula is C28H28FN3O7S. The van der Waals surface area contributed by atoms with Crippen molar-refractivity contribution in [3.05, 3.63) is 84.7 Å². The molecule has 0 fully saturated rings. The second-order valence-electron chi connectivity index (χ2n) is 8.33. The Morgan fingerprint density at radius 1 is 1.05 bits per heavy atom. The summed E-state index contributed by atoms with van der Waals surface area (Å²) >= 11 is 0. The Hall–Kier alpha value is -4.58. The zero-order valence-electron chi connectivity index (χ0n) is 21.7. The molecule has 0 bridgehead atoms. The lowest BCUT2D eigenvalue weighted by atomic mass is 10.2. The number of hydrogen-bond acceptors (Lipinski definition) is 8. The van der Waals surface area contributed by atoms with E-state index in [1.165, 1.54) is 36.5 Å². The molecule has 1 amide bonds. The molecule has 0 radical (unpaired) electrons. The predicted molar refractivity (Wildman–Crippen MR) is 147 cm³/mol. The van der Waals surface area contributed by atoms with E-state index in [1.54, 1.807) is 24.3 Å². The van der Waals surface area contributed by atoms with Crippen molar-refractivity contribution in [3.63, 3.8) is 0 Å². The van der Waals surface area contributed by atoms with E-state index >= 15 is 0 Å². The average Bonchev–Trinajstić information content (AvgIpc) is 2.96. The molecule has 10 nitrogen and oxygen atoms in total. The van der Waals surface area contributed by atoms with Crippen LogP contribution in [-0.4, -0.2) is 53.5 Å². The molecule has 1 N–H and O–H groups in total. The number of rotatable bonds is 12. The van der Waals surface area contributed by atoms with Crippen LogP contribution >= 0.6 is 0 Å². The van der Waals surface area contributed by atoms with Crippen LogP contribution < -0.4 is 28.7 Å². The summed E-state index contributed by atoms with van der Waals surface area (Å²) in [6.45, 7) is 6.18. The number of hydrazone groups is 1. The Morgan fingerprint density at radius 2 is 1.80 bits per heavy atom. The first-order chi connectivity index (χ1) is 19.3. The van der Waals surface area contributed by atoms with E-state index in [-0.39, 0.29) is 22.9 Å². The molecule has 1 aliphatic heterocycles. The number of nitrogens with one attached hydrogen (secondary N) is 1. The Kier molecular flexibility index (Phi) is 9.23. The van der Waals surface area contributed by atoms with Crippen LogP contribution in [0.1, 0.15) is 12.5 Å². The number of benzene rings is 3. The average molecular weight is 570 g/mol. The number of halogens is 1. The molecule has 0 aromatic heterocycles. The Bertz CT molecular complexity index is 1490. The number of hydrogen-bond donors (Lipinski definition) is 1. The maximum atomic E-state index is 13.6. The molecule has 0 unspecified atom stereocenters. The smallest absolute Gasteiger partial charge is 0.264 e. The van der Waals surface area contributed by atoms with Crippen molar-refractivity contribution >= 4 is 27.8 Å². The fourth-order valence-corrected chi connectivity index (χ4v) is 5.16. The van der Waals surface area contributed by atoms with Crippen LogP contribution in [0.5, 0.6) is 23.0 Å². The highest BCUT2D eigenvalue weighted by atomic mass is 32.2. The minimum Gasteiger partial charge on any atom is -0.490 e. The van der Waals surface area contributed by atoms with Crippen LogP contribution in [0.15, 0.2) is 83.3 Å². The zero-order valence-corrected chi connectivity index (χ0v) is 22.5. The van der Waals surface area contributed by atoms with E-state index in [0.717, 1.165) is 16.4 Å². The van der Waals surface area contributed by atoms with E-state index in [9.17, 15) is 17.6 Å². The van der Waals surface area contributed by atoms with Crippen molar-refractivity contribution in [1.82, 2.24) is 5.43 Å². The van der Waals surface area contributed by atoms with E-state index in [0.29, 0.717) is 42.6 Å². The van der Waals surface area contributed by atoms with Crippen molar-refractivity contribution in [3.8, 4) is 23.0 Å². The molecule has 0 saturated carbocycles. The molecule has 0 atom stereocenters. The van der Waals surface area contributed by atoms with Gasteiger partial charge in [-0.1, -0.05) is 12.7 Å². The third-order valence-electron chi connectivity index (χ3n) is 5.53. The first-order valence-corrected chi connectivity index (χ1v) is 13.8. The van der Waals surface area contributed by atoms with Gasteiger partial charge in [-0.25, -0.2) is 18.2 Å². The number of ether oxygens (including phenoxy) is 4. The van der Waals surface area contributed by atoms with Gasteiger partial charge >= 0.3 is 0 Å². The van der Waals surface area contributed by atoms with E-state index < -0.39 is 28.3 Å². The van der Waals surface area contributed by atoms with Crippen LogP contribution in [0, 0.1) is 5.82 Å². The summed E-state index contributed by atoms with van der Waals surface area (Å²) < 4.78 is 63.9. The molecule has 4 rings (SSSR count). The van der Waals surface area contributed by atoms with Crippen molar-refractivity contribution in [2.24, 2.45) is 5.10 Å². The second kappa shape index (κ2) is 13.0. The number of anilines is 1. The van der Waals surface area contributed by atoms with Crippen molar-refractivity contribution in [1.29, 1.82) is 0 Å². The number of amides is 1. The van der Waals surface area contributed by atoms with Gasteiger partial charge in [0.1, 0.15) is 32.2 Å². The van der Waals surface area contributed by atoms with E-state index in [4.69, 9.17) is 18.9 Å². The summed E-state index contributed by atoms with van der Waals surface area (Å²) in [5.41, 5.74) is 3.03. The van der Waals surface area contributed by atoms with E-state index in [2.05, 4.69) is 17.1 Å². The largest absolute Gasteiger partial charge is 0.490 e. The van der Waals surface area contributed by atoms with Gasteiger partial charge in [-0.05, 0) is 67.1 Å². The van der Waals surface area contributed by atoms with Gasteiger partial charge in [0.2, 0.25) is 0 Å². The molecule has 3 aromatic rings. The number of fused-ring (bicyclic) bond motifs is 1. The van der Waals surface area contributed by atoms with Gasteiger partial charge in [0.25, 0.3) is 15.9 Å². The Labute approximate surface area is 231 Å². The number of nitrogens with zero attached hydrogens (tertiary/aromatic N) is 2. The fraction of sp³-hybridized carbons (Fsp3) is 0.214. The van der Waals surface area contributed by atoms with Gasteiger partial charge in [0, 0.05) is 6.07 Å². The minimum absolute atomic E-state index is 0.0897. The predicted octanol–water partition coefficient (Wildman–Crippen LogP) is 3.91. The lowest BCUT2D eigenvalue weighted by Gasteiger charge is -2.25. The minimum atomic E-state index is -4.27. The molecule has 1 aliphatic rings. The highest BCUT2D eigenvalue weighted by molar-refractivity contribution is 7.92. The SMILES string of the molecule is C=CCOc1ccc(/C=N\NC(=O)CN(c2ccc(F)cc2)S(=O)(=O)c2ccc3c(c2)OCCO3)cc1OCC. The molecular weight excluding hydrogens is 541 g/mol. The van der Waals surface area contributed by atoms with Crippen molar-refractivity contribution < 1.29 is 36.6 Å². The normalized spacial score (nSPS) is 12.6. The molecule has 0 aliphatic carbocycles. The molecule has 3 aromatic carbocycles. The number of carbonyl (C=O) groups excluding carboxylic acids is 1. The Morgan fingerprint density at radius 3 is 2.52 bits per heavy atom. The highest BCUT2D eigenvalue weighted by Crippen LogP contribution is 2.34. The standard InChI is InChI=1S/C28H28FN3O7S/c1-3-13-37-24-11-5-20(16-26(24)36-4-2)18-30-31-28(33)19-32(22-8-6-21(29)7-9-22)40(34,35)23-10-12-25-27(17-23)39-15-14-38-25/h3,5-12,16-18H,1,4,13-15,19H2,2H3,(H,31,33)/b30-18-. The quantitative estimate of drug-likeness (QED) is 0.200. The fourth-order valence-electron chi connectivity index (χ4n) is 3.72. The monoisotopic (exact) mass is 569 g/mol. The zero-order chi connectivity index (χ0) is 28.5. The number of sulfonamides is 1. The van der Waals surface area contributed by atoms with Gasteiger partial charge in [0.05, 0.1) is 23.4 Å². The van der Waals surface area contributed by atoms with Crippen molar-refractivity contribution in [2.45, 2.75) is 11.8 Å². The summed E-state index contributed by atoms with van der Waals surface area (Å²) in [7, 11) is -4.27. The van der Waals surface area contributed by atoms with Crippen LogP contribution in [0.2, 0.25) is 0 Å². The van der Waals surface area contributed by atoms with Gasteiger partial charge < -0.3 is 18.9 Å². The van der Waals surface area contributed by atoms with Crippen LogP contribution in [0.3, 0.4) is 0 Å². The van der Waals surface area contributed by atoms with Gasteiger partial charge in [0.15, 0.2) is 23.0 Å². The molecule has 210 valence electrons. The summed E-state index contributed by atoms with van der Waals surface area (Å²) in [5, 5.41) is 3.95. The Balaban J connectivity index is 1.53. The lowest BCUT2D eigenvalue weighted by molar-refractivity contribution is -0.119. The maximum absolute atomic E-state index is 13.6. The second-order valence-corrected chi connectivity index (χ2v) is 10.2. The molecule has 0 saturated heterocycles. The molecule has 0 spiro atoms. The molecule has 40 heavy (non-hydrogen) atoms. The maximum Gasteiger partial charge on any atom is 0.264 e. The summed E-state index contributed by atoms with van der Waals surface area (Å²) in [6, 6.07) is 14.0. The highest BCUT2D eigenvalue weighted by Gasteiger charge is 2.29. The summed E-state index contributed by atoms with van der Waals surface area (Å²) in [5.74, 6) is 0.431. The first kappa shape index (κ1) is 28.4. The molecule has 12 heteroatoms. The topological polar surface area (TPSA) is 116 Å². The first-order valence-electron chi connectivity index (χ1n) is 12.3. The van der Waals surface area contributed by atoms with Crippen molar-refractivity contribution in [2.75, 3.05) is 37.3 Å². The van der Waals surface area contributed by atoms with Crippen LogP contribution in [-0.2, 0) is 14.8 Å². The van der Waals surface area contributed by atoms with Gasteiger partial charge in [-0.2, -0.15) is 5.10 Å². The van der Waals surface area contributed by atoms with Crippen LogP contribution in [0.4, 0.5) is 10.1 Å². The summed E-state index contributed by atoms with van der Waals surface area (Å²) in [6.07, 6.45) is 3.00. The van der Waals surface area contributed by atoms with Gasteiger partial charge in [-0.3, -0.25) is 9.10 Å². The van der Waals surface area contributed by atoms with Gasteiger partial charge in [-0.15, -0.1) is 0 Å². The summed E-state index contributed by atoms with van der Waals surface area (Å²) in [4.78, 5) is 12.7. The van der Waals surface area contributed by atoms with Crippen LogP contribution in [0.25, 0.3) is 0 Å². The lowest BCUT2D eigenvalue weighted by Crippen LogP contribution is -2.39. The third kappa shape index (κ3) is 6.89.